The largest absolute Gasteiger partial charge is 0.373 e. The molecule has 0 bridgehead atoms. The number of nitrogens with zero attached hydrogens (tertiary/aromatic N) is 6. The van der Waals surface area contributed by atoms with Gasteiger partial charge in [-0.2, -0.15) is 0 Å². The van der Waals surface area contributed by atoms with Crippen LogP contribution in [0.1, 0.15) is 80.3 Å². The van der Waals surface area contributed by atoms with Crippen molar-refractivity contribution in [1.29, 1.82) is 0 Å². The van der Waals surface area contributed by atoms with E-state index in [1.54, 1.807) is 6.07 Å². The number of ether oxygens (including phenoxy) is 1. The Morgan fingerprint density at radius 3 is 2.48 bits per heavy atom. The van der Waals surface area contributed by atoms with Gasteiger partial charge in [-0.05, 0) is 87.3 Å². The van der Waals surface area contributed by atoms with Gasteiger partial charge in [0.05, 0.1) is 29.5 Å². The van der Waals surface area contributed by atoms with E-state index in [-0.39, 0.29) is 35.2 Å². The van der Waals surface area contributed by atoms with Crippen LogP contribution in [0.25, 0.3) is 27.8 Å². The third kappa shape index (κ3) is 6.84. The molecule has 1 aliphatic carbocycles. The van der Waals surface area contributed by atoms with E-state index in [0.717, 1.165) is 74.7 Å². The smallest absolute Gasteiger partial charge is 0.337 e. The second-order valence-electron chi connectivity index (χ2n) is 14.7. The van der Waals surface area contributed by atoms with E-state index in [1.807, 2.05) is 24.4 Å². The highest BCUT2D eigenvalue weighted by Crippen LogP contribution is 2.29. The van der Waals surface area contributed by atoms with Crippen LogP contribution in [-0.2, 0) is 24.2 Å². The van der Waals surface area contributed by atoms with Gasteiger partial charge in [-0.25, -0.2) is 23.7 Å². The number of carbonyl (C=O) groups excluding carboxylic acids is 1. The Bertz CT molecular complexity index is 2200. The zero-order valence-electron chi connectivity index (χ0n) is 29.6. The first-order valence-corrected chi connectivity index (χ1v) is 18.5. The molecule has 8 rings (SSSR count). The molecule has 52 heavy (non-hydrogen) atoms. The van der Waals surface area contributed by atoms with Crippen LogP contribution in [0.3, 0.4) is 0 Å². The number of hydrogen-bond donors (Lipinski definition) is 1. The van der Waals surface area contributed by atoms with Gasteiger partial charge >= 0.3 is 5.69 Å². The number of hydrogen-bond acceptors (Lipinski definition) is 7. The lowest BCUT2D eigenvalue weighted by Gasteiger charge is -2.35. The lowest BCUT2D eigenvalue weighted by molar-refractivity contribution is -0.0704. The summed E-state index contributed by atoms with van der Waals surface area (Å²) in [6.45, 7) is 7.71. The zero-order chi connectivity index (χ0) is 35.9. The molecule has 1 saturated heterocycles. The van der Waals surface area contributed by atoms with E-state index in [0.29, 0.717) is 37.1 Å². The molecule has 0 unspecified atom stereocenters. The van der Waals surface area contributed by atoms with Crippen molar-refractivity contribution in [3.63, 3.8) is 0 Å². The molecular formula is C40H44FN7O4. The van der Waals surface area contributed by atoms with Gasteiger partial charge in [0.1, 0.15) is 17.3 Å². The fraction of sp³-hybridized carbons (Fsp3) is 0.425. The molecule has 5 heterocycles. The quantitative estimate of drug-likeness (QED) is 0.241. The minimum atomic E-state index is -0.649. The van der Waals surface area contributed by atoms with Crippen molar-refractivity contribution in [2.24, 2.45) is 0 Å². The second kappa shape index (κ2) is 14.2. The summed E-state index contributed by atoms with van der Waals surface area (Å²) in [6.07, 6.45) is 8.49. The van der Waals surface area contributed by atoms with Gasteiger partial charge in [0, 0.05) is 50.9 Å². The van der Waals surface area contributed by atoms with Crippen LogP contribution in [0.5, 0.6) is 0 Å². The van der Waals surface area contributed by atoms with Crippen LogP contribution >= 0.6 is 0 Å². The fourth-order valence-electron chi connectivity index (χ4n) is 8.30. The number of imidazole rings is 1. The lowest BCUT2D eigenvalue weighted by Crippen LogP contribution is -2.45. The van der Waals surface area contributed by atoms with Crippen LogP contribution in [0.15, 0.2) is 76.6 Å². The molecular weight excluding hydrogens is 661 g/mol. The summed E-state index contributed by atoms with van der Waals surface area (Å²) in [5, 5.41) is 3.16. The van der Waals surface area contributed by atoms with Gasteiger partial charge in [-0.1, -0.05) is 36.4 Å². The summed E-state index contributed by atoms with van der Waals surface area (Å²) < 4.78 is 25.2. The normalized spacial score (nSPS) is 22.3. The van der Waals surface area contributed by atoms with Crippen LogP contribution in [0.2, 0.25) is 0 Å². The number of rotatable bonds is 7. The van der Waals surface area contributed by atoms with Gasteiger partial charge in [0.2, 0.25) is 0 Å². The maximum atomic E-state index is 14.6. The maximum Gasteiger partial charge on any atom is 0.337 e. The predicted molar refractivity (Wildman–Crippen MR) is 196 cm³/mol. The number of amides is 1. The van der Waals surface area contributed by atoms with E-state index in [2.05, 4.69) is 62.9 Å². The SMILES string of the molecule is C[C@@H]1CN(Cc2ccc(-c3cccc(-n4c(=O)n([C@H]5CC[C@@H](NC(=O)c6cn7c(n6)CCCC7)CC5)c(=O)c5cc(F)cnc54)c3)cc2)C[C@H](C)O1. The first-order valence-electron chi connectivity index (χ1n) is 18.5. The van der Waals surface area contributed by atoms with Crippen LogP contribution < -0.4 is 16.6 Å². The van der Waals surface area contributed by atoms with E-state index in [9.17, 15) is 18.8 Å². The molecule has 1 saturated carbocycles. The summed E-state index contributed by atoms with van der Waals surface area (Å²) in [7, 11) is 0. The van der Waals surface area contributed by atoms with Crippen molar-refractivity contribution >= 4 is 16.9 Å². The highest BCUT2D eigenvalue weighted by molar-refractivity contribution is 5.92. The van der Waals surface area contributed by atoms with Crippen LogP contribution in [0.4, 0.5) is 4.39 Å². The van der Waals surface area contributed by atoms with Crippen LogP contribution in [0, 0.1) is 5.82 Å². The number of carbonyl (C=O) groups is 1. The van der Waals surface area contributed by atoms with Crippen LogP contribution in [-0.4, -0.2) is 65.8 Å². The Morgan fingerprint density at radius 1 is 0.962 bits per heavy atom. The van der Waals surface area contributed by atoms with E-state index in [4.69, 9.17) is 4.74 Å². The topological polar surface area (TPSA) is 116 Å². The minimum absolute atomic E-state index is 0.0419. The van der Waals surface area contributed by atoms with Gasteiger partial charge in [0.25, 0.3) is 11.5 Å². The summed E-state index contributed by atoms with van der Waals surface area (Å²) in [6, 6.07) is 16.6. The Hall–Kier alpha value is -4.94. The third-order valence-electron chi connectivity index (χ3n) is 10.7. The highest BCUT2D eigenvalue weighted by Gasteiger charge is 2.29. The van der Waals surface area contributed by atoms with E-state index >= 15 is 0 Å². The van der Waals surface area contributed by atoms with Crippen molar-refractivity contribution in [3.8, 4) is 16.8 Å². The van der Waals surface area contributed by atoms with E-state index in [1.165, 1.54) is 14.7 Å². The standard InChI is InChI=1S/C40H44FN7O4/c1-25-21-45(22-26(2)52-25)23-27-9-11-28(12-10-27)29-6-5-7-33(18-29)47-37-34(19-30(41)20-42-37)39(50)48(40(47)51)32-15-13-31(14-16-32)43-38(49)35-24-46-17-4-3-8-36(46)44-35/h5-7,9-12,18-20,24-26,31-32H,3-4,8,13-17,21-23H2,1-2H3,(H,43,49)/t25-,26+,31-,32+. The highest BCUT2D eigenvalue weighted by atomic mass is 19.1. The molecule has 2 fully saturated rings. The number of nitrogens with one attached hydrogen (secondary N) is 1. The third-order valence-corrected chi connectivity index (χ3v) is 10.7. The molecule has 3 aliphatic rings. The average Bonchev–Trinajstić information content (AvgIpc) is 3.58. The predicted octanol–water partition coefficient (Wildman–Crippen LogP) is 5.41. The zero-order valence-corrected chi connectivity index (χ0v) is 29.6. The Kier molecular flexibility index (Phi) is 9.35. The number of morpholine rings is 1. The monoisotopic (exact) mass is 705 g/mol. The second-order valence-corrected chi connectivity index (χ2v) is 14.7. The molecule has 2 atom stereocenters. The van der Waals surface area contributed by atoms with Crippen molar-refractivity contribution in [2.75, 3.05) is 13.1 Å². The molecule has 1 N–H and O–H groups in total. The molecule has 2 aliphatic heterocycles. The van der Waals surface area contributed by atoms with Crippen molar-refractivity contribution in [1.82, 2.24) is 33.9 Å². The molecule has 1 amide bonds. The van der Waals surface area contributed by atoms with E-state index < -0.39 is 23.1 Å². The fourth-order valence-corrected chi connectivity index (χ4v) is 8.30. The summed E-state index contributed by atoms with van der Waals surface area (Å²) in [5.74, 6) is 0.0990. The lowest BCUT2D eigenvalue weighted by atomic mass is 9.90. The van der Waals surface area contributed by atoms with Crippen molar-refractivity contribution < 1.29 is 13.9 Å². The summed E-state index contributed by atoms with van der Waals surface area (Å²) >= 11 is 0. The summed E-state index contributed by atoms with van der Waals surface area (Å²) in [4.78, 5) is 52.5. The number of halogens is 1. The molecule has 5 aromatic rings. The average molecular weight is 706 g/mol. The molecule has 0 spiro atoms. The molecule has 3 aromatic heterocycles. The number of fused-ring (bicyclic) bond motifs is 2. The maximum absolute atomic E-state index is 14.6. The molecule has 270 valence electrons. The number of aryl methyl sites for hydroxylation is 2. The Labute approximate surface area is 301 Å². The van der Waals surface area contributed by atoms with Gasteiger partial charge < -0.3 is 14.6 Å². The first kappa shape index (κ1) is 34.2. The molecule has 0 radical (unpaired) electrons. The molecule has 12 heteroatoms. The van der Waals surface area contributed by atoms with Gasteiger partial charge in [-0.15, -0.1) is 0 Å². The first-order chi connectivity index (χ1) is 25.2. The number of pyridine rings is 1. The van der Waals surface area contributed by atoms with Crippen molar-refractivity contribution in [3.05, 3.63) is 111 Å². The Balaban J connectivity index is 1.04. The number of aromatic nitrogens is 5. The number of benzene rings is 2. The summed E-state index contributed by atoms with van der Waals surface area (Å²) in [5.41, 5.74) is 3.07. The minimum Gasteiger partial charge on any atom is -0.373 e. The van der Waals surface area contributed by atoms with Crippen molar-refractivity contribution in [2.45, 2.75) is 96.2 Å². The van der Waals surface area contributed by atoms with Gasteiger partial charge in [-0.3, -0.25) is 19.1 Å². The Morgan fingerprint density at radius 2 is 1.73 bits per heavy atom. The molecule has 2 aromatic carbocycles. The van der Waals surface area contributed by atoms with Gasteiger partial charge in [0.15, 0.2) is 5.65 Å². The molecule has 11 nitrogen and oxygen atoms in total.